The van der Waals surface area contributed by atoms with E-state index in [0.29, 0.717) is 0 Å². The summed E-state index contributed by atoms with van der Waals surface area (Å²) < 4.78 is 0. The Morgan fingerprint density at radius 3 is 1.42 bits per heavy atom. The lowest BCUT2D eigenvalue weighted by atomic mass is 11.0. The number of nitrogens with one attached hydrogen (secondary N) is 3. The molecule has 0 bridgehead atoms. The number of rotatable bonds is 7. The van der Waals surface area contributed by atoms with Gasteiger partial charge in [-0.15, -0.1) is 0 Å². The first-order chi connectivity index (χ1) is 5.74. The highest BCUT2D eigenvalue weighted by Crippen LogP contribution is 1.96. The van der Waals surface area contributed by atoms with E-state index in [0.717, 1.165) is 6.04 Å². The number of hydrogen-bond acceptors (Lipinski definition) is 6. The third-order valence-corrected chi connectivity index (χ3v) is 4.08. The summed E-state index contributed by atoms with van der Waals surface area (Å²) in [5, 5.41) is 8.44. The fourth-order valence-corrected chi connectivity index (χ4v) is 2.41. The standard InChI is InChI=1S/C5H17N3O3Si/c1-5-12(6-9-2,7-10-3)8-11-4/h6-8H,5H2,1-4H3. The first kappa shape index (κ1) is 12.0. The Labute approximate surface area is 73.7 Å². The van der Waals surface area contributed by atoms with Gasteiger partial charge in [-0.2, -0.15) is 15.4 Å². The zero-order valence-electron chi connectivity index (χ0n) is 7.93. The maximum atomic E-state index is 4.83. The lowest BCUT2D eigenvalue weighted by molar-refractivity contribution is 0.0635. The molecular weight excluding hydrogens is 178 g/mol. The van der Waals surface area contributed by atoms with Crippen LogP contribution in [0.1, 0.15) is 6.92 Å². The second kappa shape index (κ2) is 6.49. The first-order valence-electron chi connectivity index (χ1n) is 3.65. The van der Waals surface area contributed by atoms with E-state index in [4.69, 9.17) is 14.5 Å². The predicted octanol–water partition coefficient (Wildman–Crippen LogP) is -0.602. The molecule has 6 nitrogen and oxygen atoms in total. The molecule has 0 radical (unpaired) electrons. The molecule has 0 heterocycles. The van der Waals surface area contributed by atoms with E-state index in [1.165, 1.54) is 0 Å². The lowest BCUT2D eigenvalue weighted by Gasteiger charge is -2.28. The van der Waals surface area contributed by atoms with Gasteiger partial charge in [0, 0.05) is 0 Å². The maximum Gasteiger partial charge on any atom is 0.351 e. The largest absolute Gasteiger partial charge is 0.351 e. The molecule has 0 saturated heterocycles. The molecule has 0 rings (SSSR count). The summed E-state index contributed by atoms with van der Waals surface area (Å²) >= 11 is 0. The molecule has 0 spiro atoms. The van der Waals surface area contributed by atoms with Crippen molar-refractivity contribution in [1.29, 1.82) is 0 Å². The second-order valence-corrected chi connectivity index (χ2v) is 5.31. The van der Waals surface area contributed by atoms with Crippen LogP contribution in [0.15, 0.2) is 0 Å². The summed E-state index contributed by atoms with van der Waals surface area (Å²) in [6.07, 6.45) is 0. The van der Waals surface area contributed by atoms with Crippen molar-refractivity contribution in [1.82, 2.24) is 15.4 Å². The van der Waals surface area contributed by atoms with Gasteiger partial charge in [0.25, 0.3) is 0 Å². The van der Waals surface area contributed by atoms with Crippen LogP contribution in [0.2, 0.25) is 6.04 Å². The Morgan fingerprint density at radius 1 is 0.917 bits per heavy atom. The molecule has 0 atom stereocenters. The molecule has 0 amide bonds. The van der Waals surface area contributed by atoms with Crippen molar-refractivity contribution < 1.29 is 14.5 Å². The van der Waals surface area contributed by atoms with E-state index in [2.05, 4.69) is 15.4 Å². The van der Waals surface area contributed by atoms with E-state index in [1.807, 2.05) is 6.92 Å². The van der Waals surface area contributed by atoms with Crippen molar-refractivity contribution in [3.05, 3.63) is 0 Å². The molecule has 0 saturated carbocycles. The van der Waals surface area contributed by atoms with E-state index in [9.17, 15) is 0 Å². The molecular formula is C5H17N3O3Si. The van der Waals surface area contributed by atoms with Gasteiger partial charge in [0.1, 0.15) is 0 Å². The van der Waals surface area contributed by atoms with Crippen molar-refractivity contribution in [3.63, 3.8) is 0 Å². The molecule has 0 aromatic carbocycles. The smallest absolute Gasteiger partial charge is 0.310 e. The van der Waals surface area contributed by atoms with Crippen molar-refractivity contribution in [3.8, 4) is 0 Å². The molecule has 12 heavy (non-hydrogen) atoms. The molecule has 0 aromatic rings. The van der Waals surface area contributed by atoms with Crippen LogP contribution in [0.25, 0.3) is 0 Å². The maximum absolute atomic E-state index is 4.83. The molecule has 0 fully saturated rings. The minimum Gasteiger partial charge on any atom is -0.310 e. The van der Waals surface area contributed by atoms with Gasteiger partial charge in [-0.25, -0.2) is 0 Å². The van der Waals surface area contributed by atoms with Crippen LogP contribution in [-0.4, -0.2) is 29.9 Å². The van der Waals surface area contributed by atoms with Gasteiger partial charge in [-0.05, 0) is 6.04 Å². The topological polar surface area (TPSA) is 63.8 Å². The summed E-state index contributed by atoms with van der Waals surface area (Å²) in [6.45, 7) is 2.00. The third-order valence-electron chi connectivity index (χ3n) is 1.36. The quantitative estimate of drug-likeness (QED) is 0.372. The van der Waals surface area contributed by atoms with Crippen LogP contribution in [0, 0.1) is 0 Å². The van der Waals surface area contributed by atoms with Gasteiger partial charge in [0.05, 0.1) is 21.3 Å². The van der Waals surface area contributed by atoms with Gasteiger partial charge in [0.15, 0.2) is 0 Å². The van der Waals surface area contributed by atoms with E-state index in [-0.39, 0.29) is 0 Å². The van der Waals surface area contributed by atoms with Crippen LogP contribution < -0.4 is 15.4 Å². The fourth-order valence-electron chi connectivity index (χ4n) is 0.802. The third kappa shape index (κ3) is 3.58. The lowest BCUT2D eigenvalue weighted by Crippen LogP contribution is -2.70. The summed E-state index contributed by atoms with van der Waals surface area (Å²) in [5.74, 6) is 0. The number of hydrogen-bond donors (Lipinski definition) is 3. The SMILES string of the molecule is CC[Si](NOC)(NOC)NOC. The fraction of sp³-hybridized carbons (Fsp3) is 1.00. The van der Waals surface area contributed by atoms with Crippen molar-refractivity contribution >= 4 is 8.56 Å². The Kier molecular flexibility index (Phi) is 6.48. The van der Waals surface area contributed by atoms with Crippen LogP contribution in [0.3, 0.4) is 0 Å². The van der Waals surface area contributed by atoms with Crippen LogP contribution in [0.5, 0.6) is 0 Å². The zero-order valence-corrected chi connectivity index (χ0v) is 8.93. The van der Waals surface area contributed by atoms with Crippen LogP contribution >= 0.6 is 0 Å². The predicted molar refractivity (Wildman–Crippen MR) is 46.7 cm³/mol. The van der Waals surface area contributed by atoms with E-state index in [1.54, 1.807) is 21.3 Å². The molecule has 0 aliphatic heterocycles. The Morgan fingerprint density at radius 2 is 1.25 bits per heavy atom. The highest BCUT2D eigenvalue weighted by atomic mass is 28.4. The van der Waals surface area contributed by atoms with Gasteiger partial charge >= 0.3 is 8.56 Å². The normalized spacial score (nSPS) is 12.0. The molecule has 0 aliphatic rings. The average Bonchev–Trinajstić information content (AvgIpc) is 2.06. The van der Waals surface area contributed by atoms with Gasteiger partial charge in [-0.3, -0.25) is 0 Å². The first-order valence-corrected chi connectivity index (χ1v) is 5.85. The molecule has 0 unspecified atom stereocenters. The van der Waals surface area contributed by atoms with Crippen molar-refractivity contribution in [2.24, 2.45) is 0 Å². The molecule has 0 aliphatic carbocycles. The summed E-state index contributed by atoms with van der Waals surface area (Å²) in [5.41, 5.74) is 0. The molecule has 7 heteroatoms. The summed E-state index contributed by atoms with van der Waals surface area (Å²) in [7, 11) is 2.46. The van der Waals surface area contributed by atoms with Gasteiger partial charge < -0.3 is 14.5 Å². The Balaban J connectivity index is 4.06. The molecule has 0 aromatic heterocycles. The highest BCUT2D eigenvalue weighted by molar-refractivity contribution is 6.71. The minimum absolute atomic E-state index is 0.808. The van der Waals surface area contributed by atoms with Crippen molar-refractivity contribution in [2.75, 3.05) is 21.3 Å². The Hall–Kier alpha value is -0.0231. The van der Waals surface area contributed by atoms with E-state index >= 15 is 0 Å². The van der Waals surface area contributed by atoms with Gasteiger partial charge in [-0.1, -0.05) is 6.92 Å². The van der Waals surface area contributed by atoms with Gasteiger partial charge in [0.2, 0.25) is 0 Å². The molecule has 74 valence electrons. The average molecular weight is 195 g/mol. The van der Waals surface area contributed by atoms with Crippen molar-refractivity contribution in [2.45, 2.75) is 13.0 Å². The second-order valence-electron chi connectivity index (χ2n) is 2.18. The van der Waals surface area contributed by atoms with Crippen LogP contribution in [-0.2, 0) is 14.5 Å². The monoisotopic (exact) mass is 195 g/mol. The zero-order chi connectivity index (χ0) is 9.45. The van der Waals surface area contributed by atoms with E-state index < -0.39 is 8.56 Å². The molecule has 3 N–H and O–H groups in total. The summed E-state index contributed by atoms with van der Waals surface area (Å²) in [4.78, 5) is 14.5. The minimum atomic E-state index is -2.19. The Bertz CT molecular complexity index is 99.1. The summed E-state index contributed by atoms with van der Waals surface area (Å²) in [6, 6.07) is 0.808. The highest BCUT2D eigenvalue weighted by Gasteiger charge is 2.33. The van der Waals surface area contributed by atoms with Crippen LogP contribution in [0.4, 0.5) is 0 Å².